The normalized spacial score (nSPS) is 12.4. The van der Waals surface area contributed by atoms with Gasteiger partial charge in [-0.3, -0.25) is 0 Å². The molecule has 2 heteroatoms. The highest BCUT2D eigenvalue weighted by Gasteiger charge is 2.13. The fraction of sp³-hybridized carbons (Fsp3) is 0.500. The Morgan fingerprint density at radius 2 is 2.06 bits per heavy atom. The van der Waals surface area contributed by atoms with Crippen LogP contribution in [0.25, 0.3) is 0 Å². The minimum atomic E-state index is -0.157. The molecular weight excluding hydrogens is 225 g/mol. The molecule has 0 saturated carbocycles. The molecule has 0 aliphatic heterocycles. The summed E-state index contributed by atoms with van der Waals surface area (Å²) in [5.41, 5.74) is 3.19. The van der Waals surface area contributed by atoms with Crippen LogP contribution in [-0.4, -0.2) is 6.54 Å². The highest BCUT2D eigenvalue weighted by molar-refractivity contribution is 5.27. The van der Waals surface area contributed by atoms with Crippen LogP contribution in [0.5, 0.6) is 0 Å². The van der Waals surface area contributed by atoms with Gasteiger partial charge in [0.2, 0.25) is 0 Å². The zero-order valence-corrected chi connectivity index (χ0v) is 11.7. The lowest BCUT2D eigenvalue weighted by Crippen LogP contribution is -2.22. The van der Waals surface area contributed by atoms with E-state index in [1.807, 2.05) is 6.92 Å². The molecule has 1 unspecified atom stereocenters. The summed E-state index contributed by atoms with van der Waals surface area (Å²) in [5, 5.41) is 3.48. The van der Waals surface area contributed by atoms with Crippen molar-refractivity contribution >= 4 is 0 Å². The third-order valence-corrected chi connectivity index (χ3v) is 3.10. The van der Waals surface area contributed by atoms with Crippen molar-refractivity contribution in [2.24, 2.45) is 0 Å². The van der Waals surface area contributed by atoms with Gasteiger partial charge in [-0.05, 0) is 56.0 Å². The van der Waals surface area contributed by atoms with Crippen LogP contribution in [-0.2, 0) is 0 Å². The molecule has 0 radical (unpaired) electrons. The summed E-state index contributed by atoms with van der Waals surface area (Å²) in [6, 6.07) is 5.42. The van der Waals surface area contributed by atoms with Gasteiger partial charge in [0.1, 0.15) is 5.82 Å². The van der Waals surface area contributed by atoms with Gasteiger partial charge in [-0.15, -0.1) is 0 Å². The van der Waals surface area contributed by atoms with Crippen LogP contribution in [0.15, 0.2) is 30.4 Å². The molecule has 100 valence electrons. The first-order chi connectivity index (χ1) is 8.56. The molecule has 18 heavy (non-hydrogen) atoms. The Bertz CT molecular complexity index is 378. The van der Waals surface area contributed by atoms with E-state index in [1.54, 1.807) is 12.1 Å². The molecule has 0 aliphatic carbocycles. The van der Waals surface area contributed by atoms with Gasteiger partial charge in [-0.25, -0.2) is 4.39 Å². The summed E-state index contributed by atoms with van der Waals surface area (Å²) in [6.45, 7) is 11.2. The summed E-state index contributed by atoms with van der Waals surface area (Å²) in [4.78, 5) is 0. The fourth-order valence-electron chi connectivity index (χ4n) is 2.03. The first-order valence-electron chi connectivity index (χ1n) is 6.74. The van der Waals surface area contributed by atoms with Gasteiger partial charge < -0.3 is 5.32 Å². The molecule has 0 bridgehead atoms. The van der Waals surface area contributed by atoms with Crippen LogP contribution in [0.3, 0.4) is 0 Å². The zero-order chi connectivity index (χ0) is 13.5. The van der Waals surface area contributed by atoms with Crippen molar-refractivity contribution in [3.8, 4) is 0 Å². The number of aryl methyl sites for hydroxylation is 1. The van der Waals surface area contributed by atoms with Gasteiger partial charge in [0.25, 0.3) is 0 Å². The second-order valence-electron chi connectivity index (χ2n) is 4.88. The van der Waals surface area contributed by atoms with Crippen LogP contribution in [0.2, 0.25) is 0 Å². The van der Waals surface area contributed by atoms with E-state index < -0.39 is 0 Å². The maximum atomic E-state index is 13.5. The summed E-state index contributed by atoms with van der Waals surface area (Å²) < 4.78 is 13.5. The van der Waals surface area contributed by atoms with Gasteiger partial charge in [-0.1, -0.05) is 32.1 Å². The monoisotopic (exact) mass is 249 g/mol. The van der Waals surface area contributed by atoms with E-state index in [0.717, 1.165) is 36.9 Å². The second kappa shape index (κ2) is 7.32. The first kappa shape index (κ1) is 14.9. The first-order valence-corrected chi connectivity index (χ1v) is 6.74. The molecule has 1 aromatic carbocycles. The molecule has 0 aliphatic rings. The zero-order valence-electron chi connectivity index (χ0n) is 11.7. The number of nitrogens with one attached hydrogen (secondary N) is 1. The Balaban J connectivity index is 2.89. The number of halogens is 1. The number of hydrogen-bond acceptors (Lipinski definition) is 1. The SMILES string of the molecule is C=C(CC)CC(NCCC)c1cc(C)cc(F)c1. The van der Waals surface area contributed by atoms with E-state index in [1.165, 1.54) is 5.57 Å². The van der Waals surface area contributed by atoms with Crippen molar-refractivity contribution in [2.45, 2.75) is 46.1 Å². The molecule has 1 rings (SSSR count). The van der Waals surface area contributed by atoms with Crippen LogP contribution in [0, 0.1) is 12.7 Å². The van der Waals surface area contributed by atoms with Crippen LogP contribution < -0.4 is 5.32 Å². The van der Waals surface area contributed by atoms with Gasteiger partial charge in [0.15, 0.2) is 0 Å². The van der Waals surface area contributed by atoms with Crippen LogP contribution in [0.1, 0.15) is 50.3 Å². The van der Waals surface area contributed by atoms with E-state index in [2.05, 4.69) is 31.8 Å². The molecule has 1 aromatic rings. The summed E-state index contributed by atoms with van der Waals surface area (Å²) in [6.07, 6.45) is 2.92. The quantitative estimate of drug-likeness (QED) is 0.700. The molecule has 1 atom stereocenters. The summed E-state index contributed by atoms with van der Waals surface area (Å²) >= 11 is 0. The maximum absolute atomic E-state index is 13.5. The standard InChI is InChI=1S/C16H24FN/c1-5-7-18-16(10-12(3)6-2)14-8-13(4)9-15(17)11-14/h8-9,11,16,18H,3,5-7,10H2,1-2,4H3. The molecule has 0 spiro atoms. The Morgan fingerprint density at radius 3 is 2.61 bits per heavy atom. The average molecular weight is 249 g/mol. The predicted molar refractivity (Wildman–Crippen MR) is 76.2 cm³/mol. The van der Waals surface area contributed by atoms with Crippen LogP contribution in [0.4, 0.5) is 4.39 Å². The Kier molecular flexibility index (Phi) is 6.06. The molecule has 1 nitrogen and oxygen atoms in total. The third-order valence-electron chi connectivity index (χ3n) is 3.10. The highest BCUT2D eigenvalue weighted by Crippen LogP contribution is 2.23. The predicted octanol–water partition coefficient (Wildman–Crippen LogP) is 4.53. The smallest absolute Gasteiger partial charge is 0.123 e. The number of benzene rings is 1. The largest absolute Gasteiger partial charge is 0.310 e. The van der Waals surface area contributed by atoms with Gasteiger partial charge in [0, 0.05) is 6.04 Å². The molecule has 0 fully saturated rings. The van der Waals surface area contributed by atoms with Crippen molar-refractivity contribution < 1.29 is 4.39 Å². The fourth-order valence-corrected chi connectivity index (χ4v) is 2.03. The van der Waals surface area contributed by atoms with Crippen molar-refractivity contribution in [1.82, 2.24) is 5.32 Å². The molecule has 1 N–H and O–H groups in total. The van der Waals surface area contributed by atoms with E-state index in [0.29, 0.717) is 0 Å². The van der Waals surface area contributed by atoms with Crippen molar-refractivity contribution in [2.75, 3.05) is 6.54 Å². The Hall–Kier alpha value is -1.15. The summed E-state index contributed by atoms with van der Waals surface area (Å²) in [5.74, 6) is -0.157. The van der Waals surface area contributed by atoms with E-state index in [4.69, 9.17) is 0 Å². The van der Waals surface area contributed by atoms with Crippen LogP contribution >= 0.6 is 0 Å². The van der Waals surface area contributed by atoms with Gasteiger partial charge in [0.05, 0.1) is 0 Å². The van der Waals surface area contributed by atoms with E-state index in [-0.39, 0.29) is 11.9 Å². The highest BCUT2D eigenvalue weighted by atomic mass is 19.1. The molecular formula is C16H24FN. The van der Waals surface area contributed by atoms with Crippen molar-refractivity contribution in [1.29, 1.82) is 0 Å². The molecule has 0 aromatic heterocycles. The van der Waals surface area contributed by atoms with Gasteiger partial charge in [-0.2, -0.15) is 0 Å². The lowest BCUT2D eigenvalue weighted by atomic mass is 9.97. The average Bonchev–Trinajstić information content (AvgIpc) is 2.32. The second-order valence-corrected chi connectivity index (χ2v) is 4.88. The third kappa shape index (κ3) is 4.61. The number of hydrogen-bond donors (Lipinski definition) is 1. The van der Waals surface area contributed by atoms with Crippen molar-refractivity contribution in [3.63, 3.8) is 0 Å². The maximum Gasteiger partial charge on any atom is 0.123 e. The van der Waals surface area contributed by atoms with Gasteiger partial charge >= 0.3 is 0 Å². The van der Waals surface area contributed by atoms with Crippen molar-refractivity contribution in [3.05, 3.63) is 47.3 Å². The number of rotatable bonds is 7. The summed E-state index contributed by atoms with van der Waals surface area (Å²) in [7, 11) is 0. The lowest BCUT2D eigenvalue weighted by molar-refractivity contribution is 0.518. The van der Waals surface area contributed by atoms with E-state index in [9.17, 15) is 4.39 Å². The Morgan fingerprint density at radius 1 is 1.33 bits per heavy atom. The topological polar surface area (TPSA) is 12.0 Å². The van der Waals surface area contributed by atoms with E-state index >= 15 is 0 Å². The minimum absolute atomic E-state index is 0.157. The molecule has 0 saturated heterocycles. The lowest BCUT2D eigenvalue weighted by Gasteiger charge is -2.20. The minimum Gasteiger partial charge on any atom is -0.310 e. The molecule has 0 amide bonds. The molecule has 0 heterocycles. The Labute approximate surface area is 110 Å².